The molecule has 3 aromatic rings. The van der Waals surface area contributed by atoms with Gasteiger partial charge in [-0.3, -0.25) is 9.59 Å². The van der Waals surface area contributed by atoms with Crippen LogP contribution in [-0.2, 0) is 6.54 Å². The van der Waals surface area contributed by atoms with Gasteiger partial charge in [0.2, 0.25) is 0 Å². The number of thiazole rings is 1. The van der Waals surface area contributed by atoms with Crippen LogP contribution in [0.15, 0.2) is 22.9 Å². The highest BCUT2D eigenvalue weighted by Crippen LogP contribution is 2.30. The fourth-order valence-electron chi connectivity index (χ4n) is 2.80. The number of amides is 2. The van der Waals surface area contributed by atoms with Crippen molar-refractivity contribution in [1.29, 1.82) is 0 Å². The van der Waals surface area contributed by atoms with E-state index in [1.807, 2.05) is 22.4 Å². The average molecular weight is 429 g/mol. The zero-order valence-electron chi connectivity index (χ0n) is 13.7. The van der Waals surface area contributed by atoms with Crippen LogP contribution in [0.2, 0.25) is 0 Å². The molecule has 3 aromatic heterocycles. The number of thiophene rings is 2. The Labute approximate surface area is 168 Å². The van der Waals surface area contributed by atoms with Crippen LogP contribution < -0.4 is 5.73 Å². The molecular formula is C16H17ClN4O2S3. The Morgan fingerprint density at radius 3 is 2.38 bits per heavy atom. The summed E-state index contributed by atoms with van der Waals surface area (Å²) in [5.74, 6) is -0.0285. The van der Waals surface area contributed by atoms with Gasteiger partial charge in [0.25, 0.3) is 11.8 Å². The average Bonchev–Trinajstić information content (AvgIpc) is 3.35. The summed E-state index contributed by atoms with van der Waals surface area (Å²) in [6.45, 7) is 2.49. The molecule has 0 saturated carbocycles. The maximum Gasteiger partial charge on any atom is 0.273 e. The highest BCUT2D eigenvalue weighted by atomic mass is 35.5. The second-order valence-electron chi connectivity index (χ2n) is 5.67. The third-order valence-electron chi connectivity index (χ3n) is 4.15. The van der Waals surface area contributed by atoms with Crippen LogP contribution in [0.4, 0.5) is 0 Å². The van der Waals surface area contributed by atoms with E-state index in [9.17, 15) is 9.59 Å². The number of rotatable bonds is 3. The van der Waals surface area contributed by atoms with Gasteiger partial charge in [0.15, 0.2) is 0 Å². The molecule has 2 N–H and O–H groups in total. The Kier molecular flexibility index (Phi) is 5.93. The molecule has 0 bridgehead atoms. The molecule has 6 nitrogen and oxygen atoms in total. The molecule has 1 aliphatic heterocycles. The summed E-state index contributed by atoms with van der Waals surface area (Å²) < 4.78 is 2.31. The molecule has 1 aliphatic rings. The highest BCUT2D eigenvalue weighted by molar-refractivity contribution is 7.27. The van der Waals surface area contributed by atoms with Crippen molar-refractivity contribution in [2.45, 2.75) is 6.54 Å². The first-order chi connectivity index (χ1) is 12.2. The minimum atomic E-state index is -0.0836. The van der Waals surface area contributed by atoms with Crippen molar-refractivity contribution < 1.29 is 9.59 Å². The van der Waals surface area contributed by atoms with Crippen molar-refractivity contribution in [2.24, 2.45) is 5.73 Å². The molecule has 26 heavy (non-hydrogen) atoms. The zero-order chi connectivity index (χ0) is 17.4. The number of halogens is 1. The van der Waals surface area contributed by atoms with Crippen LogP contribution in [-0.4, -0.2) is 52.8 Å². The van der Waals surface area contributed by atoms with E-state index in [1.54, 1.807) is 21.6 Å². The SMILES string of the molecule is Cl.NCc1nc(C(=O)N2CCN(C(=O)c3cc4sccc4s3)CC2)cs1. The van der Waals surface area contributed by atoms with Gasteiger partial charge in [-0.25, -0.2) is 4.98 Å². The molecule has 2 amide bonds. The van der Waals surface area contributed by atoms with E-state index >= 15 is 0 Å². The lowest BCUT2D eigenvalue weighted by Gasteiger charge is -2.34. The fourth-order valence-corrected chi connectivity index (χ4v) is 5.53. The van der Waals surface area contributed by atoms with Gasteiger partial charge in [-0.05, 0) is 17.5 Å². The molecule has 10 heteroatoms. The van der Waals surface area contributed by atoms with Crippen molar-refractivity contribution in [3.63, 3.8) is 0 Å². The minimum Gasteiger partial charge on any atom is -0.334 e. The number of piperazine rings is 1. The molecule has 0 aromatic carbocycles. The van der Waals surface area contributed by atoms with Crippen molar-refractivity contribution >= 4 is 67.6 Å². The van der Waals surface area contributed by atoms with Crippen molar-refractivity contribution in [2.75, 3.05) is 26.2 Å². The van der Waals surface area contributed by atoms with Crippen molar-refractivity contribution in [3.8, 4) is 0 Å². The Balaban J connectivity index is 0.00000196. The first-order valence-electron chi connectivity index (χ1n) is 7.86. The molecule has 0 atom stereocenters. The van der Waals surface area contributed by atoms with Gasteiger partial charge in [0, 0.05) is 47.5 Å². The monoisotopic (exact) mass is 428 g/mol. The smallest absolute Gasteiger partial charge is 0.273 e. The molecule has 0 unspecified atom stereocenters. The quantitative estimate of drug-likeness (QED) is 0.695. The lowest BCUT2D eigenvalue weighted by Crippen LogP contribution is -2.50. The first-order valence-corrected chi connectivity index (χ1v) is 10.4. The summed E-state index contributed by atoms with van der Waals surface area (Å²) in [5, 5.41) is 4.55. The number of hydrogen-bond acceptors (Lipinski definition) is 7. The van der Waals surface area contributed by atoms with E-state index in [0.717, 1.165) is 19.3 Å². The summed E-state index contributed by atoms with van der Waals surface area (Å²) in [5.41, 5.74) is 6.00. The van der Waals surface area contributed by atoms with Crippen LogP contribution in [0.5, 0.6) is 0 Å². The summed E-state index contributed by atoms with van der Waals surface area (Å²) in [7, 11) is 0. The van der Waals surface area contributed by atoms with Crippen LogP contribution in [0.25, 0.3) is 9.40 Å². The first kappa shape index (κ1) is 19.2. The molecule has 0 aliphatic carbocycles. The second kappa shape index (κ2) is 8.01. The van der Waals surface area contributed by atoms with E-state index in [4.69, 9.17) is 5.73 Å². The largest absolute Gasteiger partial charge is 0.334 e. The fraction of sp³-hybridized carbons (Fsp3) is 0.312. The van der Waals surface area contributed by atoms with Crippen LogP contribution >= 0.6 is 46.4 Å². The normalized spacial score (nSPS) is 14.5. The molecule has 1 fully saturated rings. The highest BCUT2D eigenvalue weighted by Gasteiger charge is 2.27. The van der Waals surface area contributed by atoms with Crippen LogP contribution in [0, 0.1) is 0 Å². The van der Waals surface area contributed by atoms with Crippen LogP contribution in [0.3, 0.4) is 0 Å². The lowest BCUT2D eigenvalue weighted by molar-refractivity contribution is 0.0535. The number of nitrogens with zero attached hydrogens (tertiary/aromatic N) is 3. The number of carbonyl (C=O) groups is 2. The zero-order valence-corrected chi connectivity index (χ0v) is 17.0. The standard InChI is InChI=1S/C16H16N4O2S3.ClH/c17-8-14-18-10(9-24-14)15(21)19-2-4-20(5-3-19)16(22)13-7-12-11(25-13)1-6-23-12;/h1,6-7,9H,2-5,8,17H2;1H. The number of fused-ring (bicyclic) bond motifs is 1. The summed E-state index contributed by atoms with van der Waals surface area (Å²) in [6, 6.07) is 4.01. The van der Waals surface area contributed by atoms with Gasteiger partial charge in [0.1, 0.15) is 10.7 Å². The summed E-state index contributed by atoms with van der Waals surface area (Å²) in [4.78, 5) is 33.8. The van der Waals surface area contributed by atoms with Crippen molar-refractivity contribution in [1.82, 2.24) is 14.8 Å². The van der Waals surface area contributed by atoms with Gasteiger partial charge in [-0.15, -0.1) is 46.4 Å². The Morgan fingerprint density at radius 1 is 1.08 bits per heavy atom. The molecule has 0 spiro atoms. The third kappa shape index (κ3) is 3.63. The molecular weight excluding hydrogens is 412 g/mol. The van der Waals surface area contributed by atoms with Gasteiger partial charge in [-0.1, -0.05) is 0 Å². The maximum absolute atomic E-state index is 12.7. The topological polar surface area (TPSA) is 79.5 Å². The van der Waals surface area contributed by atoms with Gasteiger partial charge < -0.3 is 15.5 Å². The van der Waals surface area contributed by atoms with E-state index in [2.05, 4.69) is 4.98 Å². The predicted octanol–water partition coefficient (Wildman–Crippen LogP) is 2.90. The second-order valence-corrected chi connectivity index (χ2v) is 8.65. The lowest BCUT2D eigenvalue weighted by atomic mass is 10.2. The molecule has 138 valence electrons. The predicted molar refractivity (Wildman–Crippen MR) is 109 cm³/mol. The molecule has 4 heterocycles. The van der Waals surface area contributed by atoms with Crippen molar-refractivity contribution in [3.05, 3.63) is 38.5 Å². The number of carbonyl (C=O) groups excluding carboxylic acids is 2. The van der Waals surface area contributed by atoms with Gasteiger partial charge >= 0.3 is 0 Å². The van der Waals surface area contributed by atoms with E-state index in [-0.39, 0.29) is 24.2 Å². The molecule has 4 rings (SSSR count). The van der Waals surface area contributed by atoms with E-state index in [0.29, 0.717) is 38.4 Å². The van der Waals surface area contributed by atoms with Gasteiger partial charge in [-0.2, -0.15) is 0 Å². The van der Waals surface area contributed by atoms with E-state index in [1.165, 1.54) is 22.7 Å². The summed E-state index contributed by atoms with van der Waals surface area (Å²) in [6.07, 6.45) is 0. The molecule has 0 radical (unpaired) electrons. The Morgan fingerprint density at radius 2 is 1.77 bits per heavy atom. The molecule has 1 saturated heterocycles. The minimum absolute atomic E-state index is 0. The Bertz CT molecular complexity index is 898. The third-order valence-corrected chi connectivity index (χ3v) is 7.10. The van der Waals surface area contributed by atoms with Crippen LogP contribution in [0.1, 0.15) is 25.2 Å². The van der Waals surface area contributed by atoms with Gasteiger partial charge in [0.05, 0.1) is 4.88 Å². The number of aromatic nitrogens is 1. The summed E-state index contributed by atoms with van der Waals surface area (Å²) >= 11 is 4.58. The van der Waals surface area contributed by atoms with E-state index < -0.39 is 0 Å². The maximum atomic E-state index is 12.7. The Hall–Kier alpha value is -1.52. The number of hydrogen-bond donors (Lipinski definition) is 1. The number of nitrogens with two attached hydrogens (primary N) is 1.